The van der Waals surface area contributed by atoms with Gasteiger partial charge in [-0.15, -0.1) is 0 Å². The van der Waals surface area contributed by atoms with Gasteiger partial charge in [0.15, 0.2) is 7.28 Å². The molecule has 0 radical (unpaired) electrons. The normalized spacial score (nSPS) is 16.4. The first kappa shape index (κ1) is 10.7. The van der Waals surface area contributed by atoms with Gasteiger partial charge in [0.1, 0.15) is 11.5 Å². The quantitative estimate of drug-likeness (QED) is 0.763. The third-order valence-electron chi connectivity index (χ3n) is 3.32. The SMILES string of the molecule is CBc1cc(N2CCOCC2)nc2[nH]ccc12. The minimum absolute atomic E-state index is 0.798. The van der Waals surface area contributed by atoms with Crippen LogP contribution in [0.15, 0.2) is 18.3 Å². The highest BCUT2D eigenvalue weighted by Gasteiger charge is 2.14. The van der Waals surface area contributed by atoms with Crippen LogP contribution in [0.2, 0.25) is 6.82 Å². The summed E-state index contributed by atoms with van der Waals surface area (Å²) in [6.07, 6.45) is 1.96. The van der Waals surface area contributed by atoms with Gasteiger partial charge in [0, 0.05) is 24.7 Å². The molecule has 1 saturated heterocycles. The Hall–Kier alpha value is -1.49. The van der Waals surface area contributed by atoms with Crippen LogP contribution in [0.25, 0.3) is 11.0 Å². The van der Waals surface area contributed by atoms with Crippen molar-refractivity contribution in [1.82, 2.24) is 9.97 Å². The summed E-state index contributed by atoms with van der Waals surface area (Å²) in [5.74, 6) is 1.07. The monoisotopic (exact) mass is 229 g/mol. The van der Waals surface area contributed by atoms with Crippen LogP contribution in [0.4, 0.5) is 5.82 Å². The zero-order valence-electron chi connectivity index (χ0n) is 10.1. The second kappa shape index (κ2) is 4.41. The van der Waals surface area contributed by atoms with Crippen molar-refractivity contribution in [3.8, 4) is 0 Å². The molecule has 1 N–H and O–H groups in total. The summed E-state index contributed by atoms with van der Waals surface area (Å²) in [6.45, 7) is 5.65. The summed E-state index contributed by atoms with van der Waals surface area (Å²) in [6, 6.07) is 4.31. The lowest BCUT2D eigenvalue weighted by molar-refractivity contribution is 0.122. The van der Waals surface area contributed by atoms with E-state index in [1.807, 2.05) is 6.20 Å². The predicted octanol–water partition coefficient (Wildman–Crippen LogP) is 0.509. The van der Waals surface area contributed by atoms with E-state index in [-0.39, 0.29) is 0 Å². The third kappa shape index (κ3) is 1.91. The number of fused-ring (bicyclic) bond motifs is 1. The van der Waals surface area contributed by atoms with E-state index in [1.165, 1.54) is 10.8 Å². The van der Waals surface area contributed by atoms with Crippen molar-refractivity contribution >= 4 is 29.6 Å². The summed E-state index contributed by atoms with van der Waals surface area (Å²) in [5, 5.41) is 1.24. The molecule has 0 saturated carbocycles. The molecular weight excluding hydrogens is 213 g/mol. The highest BCUT2D eigenvalue weighted by molar-refractivity contribution is 6.55. The molecule has 2 aromatic rings. The van der Waals surface area contributed by atoms with Crippen LogP contribution in [0, 0.1) is 0 Å². The molecule has 88 valence electrons. The van der Waals surface area contributed by atoms with Gasteiger partial charge in [-0.05, 0) is 12.1 Å². The minimum atomic E-state index is 0.798. The Labute approximate surface area is 101 Å². The lowest BCUT2D eigenvalue weighted by Gasteiger charge is -2.28. The van der Waals surface area contributed by atoms with E-state index in [0.717, 1.165) is 45.0 Å². The number of H-pyrrole nitrogens is 1. The molecule has 0 amide bonds. The molecule has 1 aliphatic heterocycles. The van der Waals surface area contributed by atoms with Crippen molar-refractivity contribution in [2.24, 2.45) is 0 Å². The van der Waals surface area contributed by atoms with Crippen LogP contribution in [0.1, 0.15) is 0 Å². The Kier molecular flexibility index (Phi) is 2.77. The van der Waals surface area contributed by atoms with Gasteiger partial charge in [-0.3, -0.25) is 0 Å². The molecule has 0 atom stereocenters. The molecule has 0 aliphatic carbocycles. The maximum atomic E-state index is 5.37. The highest BCUT2D eigenvalue weighted by atomic mass is 16.5. The number of nitrogens with one attached hydrogen (secondary N) is 1. The highest BCUT2D eigenvalue weighted by Crippen LogP contribution is 2.16. The second-order valence-electron chi connectivity index (χ2n) is 4.33. The number of nitrogens with zero attached hydrogens (tertiary/aromatic N) is 2. The average Bonchev–Trinajstić information content (AvgIpc) is 2.86. The van der Waals surface area contributed by atoms with Gasteiger partial charge in [-0.25, -0.2) is 4.98 Å². The fourth-order valence-electron chi connectivity index (χ4n) is 2.34. The van der Waals surface area contributed by atoms with E-state index in [2.05, 4.69) is 33.8 Å². The molecule has 3 heterocycles. The zero-order valence-corrected chi connectivity index (χ0v) is 10.1. The number of hydrogen-bond acceptors (Lipinski definition) is 3. The molecule has 0 spiro atoms. The molecule has 1 aliphatic rings. The van der Waals surface area contributed by atoms with Crippen LogP contribution in [0.5, 0.6) is 0 Å². The van der Waals surface area contributed by atoms with Crippen molar-refractivity contribution < 1.29 is 4.74 Å². The van der Waals surface area contributed by atoms with Crippen LogP contribution in [-0.4, -0.2) is 43.6 Å². The summed E-state index contributed by atoms with van der Waals surface area (Å²) in [5.41, 5.74) is 2.35. The number of aromatic amines is 1. The molecule has 0 bridgehead atoms. The van der Waals surface area contributed by atoms with Crippen molar-refractivity contribution in [3.05, 3.63) is 18.3 Å². The molecule has 5 heteroatoms. The Balaban J connectivity index is 2.03. The Bertz CT molecular complexity index is 519. The molecule has 3 rings (SSSR count). The second-order valence-corrected chi connectivity index (χ2v) is 4.33. The van der Waals surface area contributed by atoms with E-state index < -0.39 is 0 Å². The van der Waals surface area contributed by atoms with Crippen molar-refractivity contribution in [3.63, 3.8) is 0 Å². The van der Waals surface area contributed by atoms with E-state index in [0.29, 0.717) is 0 Å². The predicted molar refractivity (Wildman–Crippen MR) is 71.8 cm³/mol. The van der Waals surface area contributed by atoms with Gasteiger partial charge in [-0.2, -0.15) is 0 Å². The van der Waals surface area contributed by atoms with Crippen LogP contribution in [-0.2, 0) is 4.74 Å². The summed E-state index contributed by atoms with van der Waals surface area (Å²) >= 11 is 0. The van der Waals surface area contributed by atoms with Gasteiger partial charge in [-0.1, -0.05) is 12.3 Å². The van der Waals surface area contributed by atoms with Gasteiger partial charge < -0.3 is 14.6 Å². The molecular formula is C12H16BN3O. The number of hydrogen-bond donors (Lipinski definition) is 1. The fourth-order valence-corrected chi connectivity index (χ4v) is 2.34. The van der Waals surface area contributed by atoms with Crippen LogP contribution in [0.3, 0.4) is 0 Å². The smallest absolute Gasteiger partial charge is 0.155 e. The number of morpholine rings is 1. The van der Waals surface area contributed by atoms with E-state index in [1.54, 1.807) is 0 Å². The lowest BCUT2D eigenvalue weighted by atomic mass is 9.72. The van der Waals surface area contributed by atoms with Gasteiger partial charge in [0.05, 0.1) is 13.2 Å². The average molecular weight is 229 g/mol. The Morgan fingerprint density at radius 1 is 1.41 bits per heavy atom. The fraction of sp³-hybridized carbons (Fsp3) is 0.417. The summed E-state index contributed by atoms with van der Waals surface area (Å²) in [4.78, 5) is 10.2. The molecule has 1 fully saturated rings. The van der Waals surface area contributed by atoms with Crippen molar-refractivity contribution in [2.75, 3.05) is 31.2 Å². The van der Waals surface area contributed by atoms with Crippen molar-refractivity contribution in [1.29, 1.82) is 0 Å². The number of aromatic nitrogens is 2. The lowest BCUT2D eigenvalue weighted by Crippen LogP contribution is -2.37. The topological polar surface area (TPSA) is 41.1 Å². The maximum Gasteiger partial charge on any atom is 0.155 e. The first-order valence-corrected chi connectivity index (χ1v) is 6.18. The number of pyridine rings is 1. The summed E-state index contributed by atoms with van der Waals surface area (Å²) in [7, 11) is 1.04. The largest absolute Gasteiger partial charge is 0.378 e. The molecule has 0 unspecified atom stereocenters. The Morgan fingerprint density at radius 3 is 3.00 bits per heavy atom. The molecule has 2 aromatic heterocycles. The van der Waals surface area contributed by atoms with Gasteiger partial charge in [0.2, 0.25) is 0 Å². The van der Waals surface area contributed by atoms with Crippen LogP contribution < -0.4 is 10.4 Å². The van der Waals surface area contributed by atoms with Crippen LogP contribution >= 0.6 is 0 Å². The van der Waals surface area contributed by atoms with E-state index in [9.17, 15) is 0 Å². The summed E-state index contributed by atoms with van der Waals surface area (Å²) < 4.78 is 5.37. The molecule has 17 heavy (non-hydrogen) atoms. The zero-order chi connectivity index (χ0) is 11.7. The molecule has 4 nitrogen and oxygen atoms in total. The van der Waals surface area contributed by atoms with E-state index >= 15 is 0 Å². The third-order valence-corrected chi connectivity index (χ3v) is 3.32. The van der Waals surface area contributed by atoms with Gasteiger partial charge in [0.25, 0.3) is 0 Å². The number of anilines is 1. The Morgan fingerprint density at radius 2 is 2.24 bits per heavy atom. The maximum absolute atomic E-state index is 5.37. The number of rotatable bonds is 2. The van der Waals surface area contributed by atoms with E-state index in [4.69, 9.17) is 4.74 Å². The van der Waals surface area contributed by atoms with Gasteiger partial charge >= 0.3 is 0 Å². The number of ether oxygens (including phenoxy) is 1. The first-order valence-electron chi connectivity index (χ1n) is 6.18. The first-order chi connectivity index (χ1) is 8.38. The van der Waals surface area contributed by atoms with Crippen molar-refractivity contribution in [2.45, 2.75) is 6.82 Å². The minimum Gasteiger partial charge on any atom is -0.378 e. The standard InChI is InChI=1S/C12H16BN3O/c1-13-10-8-11(16-4-6-17-7-5-16)15-12-9(10)2-3-14-12/h2-3,8,13H,4-7H2,1H3,(H,14,15). The molecule has 0 aromatic carbocycles.